The van der Waals surface area contributed by atoms with Gasteiger partial charge in [-0.25, -0.2) is 13.4 Å². The molecule has 1 aromatic carbocycles. The van der Waals surface area contributed by atoms with E-state index in [1.54, 1.807) is 18.0 Å². The molecule has 1 fully saturated rings. The summed E-state index contributed by atoms with van der Waals surface area (Å²) in [4.78, 5) is 4.43. The number of imidazole rings is 1. The van der Waals surface area contributed by atoms with Crippen LogP contribution in [0.2, 0.25) is 0 Å². The highest BCUT2D eigenvalue weighted by molar-refractivity contribution is 7.99. The summed E-state index contributed by atoms with van der Waals surface area (Å²) in [6, 6.07) is 6.42. The number of hydrogen-bond acceptors (Lipinski definition) is 4. The predicted octanol–water partition coefficient (Wildman–Crippen LogP) is 3.02. The summed E-state index contributed by atoms with van der Waals surface area (Å²) in [6.07, 6.45) is 4.53. The lowest BCUT2D eigenvalue weighted by molar-refractivity contribution is 0.599. The summed E-state index contributed by atoms with van der Waals surface area (Å²) in [5.74, 6) is 1.72. The quantitative estimate of drug-likeness (QED) is 0.806. The van der Waals surface area contributed by atoms with Gasteiger partial charge in [0.1, 0.15) is 0 Å². The van der Waals surface area contributed by atoms with Gasteiger partial charge in [0.15, 0.2) is 15.0 Å². The lowest BCUT2D eigenvalue weighted by Gasteiger charge is -2.11. The molecule has 2 aromatic rings. The van der Waals surface area contributed by atoms with Crippen molar-refractivity contribution >= 4 is 21.6 Å². The fraction of sp³-hybridized carbons (Fsp3) is 0.438. The molecule has 0 bridgehead atoms. The van der Waals surface area contributed by atoms with Crippen molar-refractivity contribution in [2.75, 3.05) is 17.3 Å². The van der Waals surface area contributed by atoms with Gasteiger partial charge in [0.2, 0.25) is 0 Å². The molecule has 1 aliphatic rings. The molecule has 0 N–H and O–H groups in total. The van der Waals surface area contributed by atoms with Gasteiger partial charge in [-0.1, -0.05) is 17.8 Å². The van der Waals surface area contributed by atoms with E-state index in [1.807, 2.05) is 6.20 Å². The van der Waals surface area contributed by atoms with Gasteiger partial charge >= 0.3 is 0 Å². The Morgan fingerprint density at radius 2 is 2.00 bits per heavy atom. The monoisotopic (exact) mass is 336 g/mol. The Morgan fingerprint density at radius 3 is 2.64 bits per heavy atom. The third-order valence-corrected chi connectivity index (χ3v) is 6.90. The molecule has 4 nitrogen and oxygen atoms in total. The van der Waals surface area contributed by atoms with Gasteiger partial charge in [0, 0.05) is 23.8 Å². The van der Waals surface area contributed by atoms with E-state index in [9.17, 15) is 8.42 Å². The second-order valence-corrected chi connectivity index (χ2v) is 9.22. The summed E-state index contributed by atoms with van der Waals surface area (Å²) >= 11 is 1.65. The van der Waals surface area contributed by atoms with E-state index in [2.05, 4.69) is 41.6 Å². The molecule has 0 unspecified atom stereocenters. The minimum Gasteiger partial charge on any atom is -0.295 e. The zero-order chi connectivity index (χ0) is 15.7. The highest BCUT2D eigenvalue weighted by atomic mass is 32.2. The normalized spacial score (nSPS) is 20.4. The standard InChI is InChI=1S/C16H20N2O2S2/c1-12-7-13(2)9-15(8-12)18-5-4-17-16(18)21-10-14-3-6-22(19,20)11-14/h4-5,7-9,14H,3,6,10-11H2,1-2H3/t14-/m1/s1. The molecule has 22 heavy (non-hydrogen) atoms. The molecule has 0 amide bonds. The molecule has 0 spiro atoms. The summed E-state index contributed by atoms with van der Waals surface area (Å²) in [5, 5.41) is 0.925. The van der Waals surface area contributed by atoms with Crippen molar-refractivity contribution in [3.63, 3.8) is 0 Å². The second-order valence-electron chi connectivity index (χ2n) is 6.01. The van der Waals surface area contributed by atoms with Gasteiger partial charge in [0.05, 0.1) is 11.5 Å². The molecule has 1 saturated heterocycles. The van der Waals surface area contributed by atoms with Crippen molar-refractivity contribution in [1.29, 1.82) is 0 Å². The molecule has 3 rings (SSSR count). The highest BCUT2D eigenvalue weighted by Gasteiger charge is 2.28. The largest absolute Gasteiger partial charge is 0.295 e. The fourth-order valence-corrected chi connectivity index (χ4v) is 6.00. The van der Waals surface area contributed by atoms with Crippen LogP contribution in [0.4, 0.5) is 0 Å². The van der Waals surface area contributed by atoms with E-state index < -0.39 is 9.84 Å². The fourth-order valence-electron chi connectivity index (χ4n) is 2.88. The smallest absolute Gasteiger partial charge is 0.172 e. The third-order valence-electron chi connectivity index (χ3n) is 3.87. The number of aromatic nitrogens is 2. The van der Waals surface area contributed by atoms with E-state index in [1.165, 1.54) is 11.1 Å². The summed E-state index contributed by atoms with van der Waals surface area (Å²) < 4.78 is 25.1. The minimum atomic E-state index is -2.80. The van der Waals surface area contributed by atoms with Gasteiger partial charge in [-0.05, 0) is 49.4 Å². The first kappa shape index (κ1) is 15.6. The van der Waals surface area contributed by atoms with Crippen LogP contribution in [0.25, 0.3) is 5.69 Å². The zero-order valence-electron chi connectivity index (χ0n) is 12.8. The van der Waals surface area contributed by atoms with Crippen molar-refractivity contribution < 1.29 is 8.42 Å². The number of nitrogens with zero attached hydrogens (tertiary/aromatic N) is 2. The average molecular weight is 336 g/mol. The number of thioether (sulfide) groups is 1. The molecule has 0 aliphatic carbocycles. The maximum Gasteiger partial charge on any atom is 0.172 e. The SMILES string of the molecule is Cc1cc(C)cc(-n2ccnc2SC[C@H]2CCS(=O)(=O)C2)c1. The minimum absolute atomic E-state index is 0.249. The van der Waals surface area contributed by atoms with E-state index in [0.29, 0.717) is 11.5 Å². The van der Waals surface area contributed by atoms with E-state index in [4.69, 9.17) is 0 Å². The molecule has 0 radical (unpaired) electrons. The van der Waals surface area contributed by atoms with Crippen molar-refractivity contribution in [2.24, 2.45) is 5.92 Å². The first-order chi connectivity index (χ1) is 10.4. The Labute approximate surface area is 135 Å². The van der Waals surface area contributed by atoms with Crippen LogP contribution in [0.1, 0.15) is 17.5 Å². The molecular weight excluding hydrogens is 316 g/mol. The maximum absolute atomic E-state index is 11.5. The number of benzene rings is 1. The van der Waals surface area contributed by atoms with E-state index in [0.717, 1.165) is 23.0 Å². The van der Waals surface area contributed by atoms with Crippen LogP contribution in [-0.4, -0.2) is 35.2 Å². The molecular formula is C16H20N2O2S2. The van der Waals surface area contributed by atoms with Gasteiger partial charge < -0.3 is 0 Å². The van der Waals surface area contributed by atoms with Gasteiger partial charge in [-0.2, -0.15) is 0 Å². The summed E-state index contributed by atoms with van der Waals surface area (Å²) in [7, 11) is -2.80. The topological polar surface area (TPSA) is 52.0 Å². The average Bonchev–Trinajstić information content (AvgIpc) is 3.01. The molecule has 2 heterocycles. The Kier molecular flexibility index (Phi) is 4.32. The number of rotatable bonds is 4. The van der Waals surface area contributed by atoms with Crippen LogP contribution >= 0.6 is 11.8 Å². The zero-order valence-corrected chi connectivity index (χ0v) is 14.5. The lowest BCUT2D eigenvalue weighted by atomic mass is 10.1. The molecule has 1 aromatic heterocycles. The first-order valence-electron chi connectivity index (χ1n) is 7.38. The summed E-state index contributed by atoms with van der Waals surface area (Å²) in [6.45, 7) is 4.17. The van der Waals surface area contributed by atoms with Crippen LogP contribution in [0, 0.1) is 19.8 Å². The van der Waals surface area contributed by atoms with Crippen LogP contribution < -0.4 is 0 Å². The lowest BCUT2D eigenvalue weighted by Crippen LogP contribution is -2.07. The van der Waals surface area contributed by atoms with E-state index >= 15 is 0 Å². The number of aryl methyl sites for hydroxylation is 2. The van der Waals surface area contributed by atoms with Gasteiger partial charge in [0.25, 0.3) is 0 Å². The third kappa shape index (κ3) is 3.55. The highest BCUT2D eigenvalue weighted by Crippen LogP contribution is 2.28. The molecule has 118 valence electrons. The van der Waals surface area contributed by atoms with Crippen LogP contribution in [0.3, 0.4) is 0 Å². The van der Waals surface area contributed by atoms with E-state index in [-0.39, 0.29) is 5.92 Å². The number of hydrogen-bond donors (Lipinski definition) is 0. The Bertz CT molecular complexity index is 761. The van der Waals surface area contributed by atoms with Crippen LogP contribution in [-0.2, 0) is 9.84 Å². The first-order valence-corrected chi connectivity index (χ1v) is 10.2. The van der Waals surface area contributed by atoms with Crippen molar-refractivity contribution in [1.82, 2.24) is 9.55 Å². The van der Waals surface area contributed by atoms with Crippen LogP contribution in [0.15, 0.2) is 35.7 Å². The second kappa shape index (κ2) is 6.08. The summed E-state index contributed by atoms with van der Waals surface area (Å²) in [5.41, 5.74) is 3.56. The molecule has 0 saturated carbocycles. The molecule has 1 atom stereocenters. The van der Waals surface area contributed by atoms with Gasteiger partial charge in [-0.15, -0.1) is 0 Å². The Morgan fingerprint density at radius 1 is 1.27 bits per heavy atom. The molecule has 6 heteroatoms. The van der Waals surface area contributed by atoms with Crippen molar-refractivity contribution in [3.05, 3.63) is 41.7 Å². The van der Waals surface area contributed by atoms with Crippen molar-refractivity contribution in [3.8, 4) is 5.69 Å². The predicted molar refractivity (Wildman–Crippen MR) is 90.5 cm³/mol. The Hall–Kier alpha value is -1.27. The van der Waals surface area contributed by atoms with Gasteiger partial charge in [-0.3, -0.25) is 4.57 Å². The Balaban J connectivity index is 1.75. The van der Waals surface area contributed by atoms with Crippen molar-refractivity contribution in [2.45, 2.75) is 25.4 Å². The maximum atomic E-state index is 11.5. The molecule has 1 aliphatic heterocycles. The number of sulfone groups is 1. The van der Waals surface area contributed by atoms with Crippen LogP contribution in [0.5, 0.6) is 0 Å².